The van der Waals surface area contributed by atoms with Gasteiger partial charge in [-0.25, -0.2) is 4.39 Å². The number of nitrogens with zero attached hydrogens (tertiary/aromatic N) is 2. The number of likely N-dealkylation sites (N-methyl/N-ethyl adjacent to an activating group) is 1. The minimum Gasteiger partial charge on any atom is -0.312 e. The Hall–Kier alpha value is -2.24. The van der Waals surface area contributed by atoms with Crippen molar-refractivity contribution in [3.05, 3.63) is 64.5 Å². The second-order valence-corrected chi connectivity index (χ2v) is 8.50. The summed E-state index contributed by atoms with van der Waals surface area (Å²) in [5, 5.41) is 0. The van der Waals surface area contributed by atoms with E-state index in [9.17, 15) is 14.0 Å². The molecule has 4 rings (SSSR count). The molecule has 0 radical (unpaired) electrons. The van der Waals surface area contributed by atoms with E-state index < -0.39 is 0 Å². The molecule has 0 aliphatic carbocycles. The van der Waals surface area contributed by atoms with E-state index in [0.29, 0.717) is 12.8 Å². The molecule has 4 nitrogen and oxygen atoms in total. The summed E-state index contributed by atoms with van der Waals surface area (Å²) in [7, 11) is 2.07. The van der Waals surface area contributed by atoms with Gasteiger partial charge in [0, 0.05) is 31.5 Å². The Kier molecular flexibility index (Phi) is 7.84. The van der Waals surface area contributed by atoms with Gasteiger partial charge in [0.05, 0.1) is 5.69 Å². The molecule has 0 fully saturated rings. The van der Waals surface area contributed by atoms with Crippen LogP contribution in [0, 0.1) is 5.82 Å². The van der Waals surface area contributed by atoms with Crippen molar-refractivity contribution < 1.29 is 14.0 Å². The molecule has 0 saturated heterocycles. The van der Waals surface area contributed by atoms with Crippen molar-refractivity contribution in [2.45, 2.75) is 44.9 Å². The molecule has 31 heavy (non-hydrogen) atoms. The molecule has 2 aromatic rings. The minimum atomic E-state index is -0.186. The van der Waals surface area contributed by atoms with Crippen molar-refractivity contribution in [1.29, 1.82) is 0 Å². The van der Waals surface area contributed by atoms with E-state index in [1.165, 1.54) is 6.07 Å². The van der Waals surface area contributed by atoms with Crippen LogP contribution in [0.2, 0.25) is 0 Å². The summed E-state index contributed by atoms with van der Waals surface area (Å²) < 4.78 is 13.3. The van der Waals surface area contributed by atoms with Crippen LogP contribution in [-0.2, 0) is 24.1 Å². The molecule has 166 valence electrons. The van der Waals surface area contributed by atoms with Gasteiger partial charge in [-0.05, 0) is 86.7 Å². The first-order valence-electron chi connectivity index (χ1n) is 10.9. The van der Waals surface area contributed by atoms with Crippen molar-refractivity contribution in [2.24, 2.45) is 0 Å². The van der Waals surface area contributed by atoms with Crippen LogP contribution < -0.4 is 4.90 Å². The summed E-state index contributed by atoms with van der Waals surface area (Å²) in [5.41, 5.74) is 5.20. The first kappa shape index (κ1) is 23.4. The third-order valence-electron chi connectivity index (χ3n) is 6.24. The van der Waals surface area contributed by atoms with Gasteiger partial charge in [-0.15, -0.1) is 12.4 Å². The van der Waals surface area contributed by atoms with Gasteiger partial charge in [0.25, 0.3) is 0 Å². The Labute approximate surface area is 189 Å². The minimum absolute atomic E-state index is 0. The van der Waals surface area contributed by atoms with Gasteiger partial charge < -0.3 is 9.80 Å². The van der Waals surface area contributed by atoms with E-state index in [1.54, 1.807) is 12.1 Å². The highest BCUT2D eigenvalue weighted by Gasteiger charge is 2.31. The molecular formula is C25H30ClFN2O2. The van der Waals surface area contributed by atoms with Crippen LogP contribution in [0.1, 0.15) is 52.7 Å². The number of anilines is 1. The Morgan fingerprint density at radius 2 is 1.84 bits per heavy atom. The zero-order valence-electron chi connectivity index (χ0n) is 18.0. The van der Waals surface area contributed by atoms with Crippen LogP contribution in [0.3, 0.4) is 0 Å². The number of Topliss-reactive ketones (excluding diaryl/α,β-unsaturated/α-hetero) is 1. The van der Waals surface area contributed by atoms with Gasteiger partial charge >= 0.3 is 0 Å². The Bertz CT molecular complexity index is 963. The number of benzene rings is 2. The van der Waals surface area contributed by atoms with Gasteiger partial charge in [-0.2, -0.15) is 0 Å². The summed E-state index contributed by atoms with van der Waals surface area (Å²) >= 11 is 0. The highest BCUT2D eigenvalue weighted by Crippen LogP contribution is 2.37. The van der Waals surface area contributed by atoms with Crippen LogP contribution in [0.15, 0.2) is 36.4 Å². The van der Waals surface area contributed by atoms with Crippen LogP contribution >= 0.6 is 12.4 Å². The number of aryl methyl sites for hydroxylation is 1. The zero-order chi connectivity index (χ0) is 21.1. The molecule has 0 N–H and O–H groups in total. The zero-order valence-corrected chi connectivity index (χ0v) is 18.8. The first-order valence-corrected chi connectivity index (χ1v) is 10.9. The van der Waals surface area contributed by atoms with E-state index in [4.69, 9.17) is 0 Å². The van der Waals surface area contributed by atoms with Crippen molar-refractivity contribution in [1.82, 2.24) is 4.90 Å². The SMILES string of the molecule is CN(CCCCC(=O)c1cc2c3c(c1)CCN3C(=O)CC2)CCc1cccc(F)c1.Cl. The van der Waals surface area contributed by atoms with E-state index in [0.717, 1.165) is 79.7 Å². The lowest BCUT2D eigenvalue weighted by Crippen LogP contribution is -2.32. The summed E-state index contributed by atoms with van der Waals surface area (Å²) in [4.78, 5) is 28.9. The highest BCUT2D eigenvalue weighted by atomic mass is 35.5. The number of amides is 1. The highest BCUT2D eigenvalue weighted by molar-refractivity contribution is 6.02. The predicted molar refractivity (Wildman–Crippen MR) is 124 cm³/mol. The van der Waals surface area contributed by atoms with Gasteiger partial charge in [-0.1, -0.05) is 12.1 Å². The third-order valence-corrected chi connectivity index (χ3v) is 6.24. The molecule has 0 spiro atoms. The molecule has 2 aromatic carbocycles. The summed E-state index contributed by atoms with van der Waals surface area (Å²) in [6.45, 7) is 2.55. The fourth-order valence-electron chi connectivity index (χ4n) is 4.55. The molecule has 2 aliphatic heterocycles. The molecule has 0 bridgehead atoms. The quantitative estimate of drug-likeness (QED) is 0.419. The number of unbranched alkanes of at least 4 members (excludes halogenated alkanes) is 1. The maximum Gasteiger partial charge on any atom is 0.227 e. The number of carbonyl (C=O) groups is 2. The normalized spacial score (nSPS) is 14.5. The molecule has 0 saturated carbocycles. The van der Waals surface area contributed by atoms with Crippen molar-refractivity contribution >= 4 is 29.8 Å². The van der Waals surface area contributed by atoms with Crippen molar-refractivity contribution in [3.63, 3.8) is 0 Å². The van der Waals surface area contributed by atoms with E-state index >= 15 is 0 Å². The van der Waals surface area contributed by atoms with Crippen molar-refractivity contribution in [2.75, 3.05) is 31.6 Å². The average Bonchev–Trinajstić information content (AvgIpc) is 3.17. The van der Waals surface area contributed by atoms with Crippen molar-refractivity contribution in [3.8, 4) is 0 Å². The summed E-state index contributed by atoms with van der Waals surface area (Å²) in [6.07, 6.45) is 5.35. The lowest BCUT2D eigenvalue weighted by molar-refractivity contribution is -0.118. The molecule has 1 amide bonds. The second-order valence-electron chi connectivity index (χ2n) is 8.50. The molecular weight excluding hydrogens is 415 g/mol. The smallest absolute Gasteiger partial charge is 0.227 e. The van der Waals surface area contributed by atoms with Gasteiger partial charge in [0.15, 0.2) is 5.78 Å². The number of hydrogen-bond acceptors (Lipinski definition) is 3. The lowest BCUT2D eigenvalue weighted by Gasteiger charge is -2.25. The number of hydrogen-bond donors (Lipinski definition) is 0. The molecule has 6 heteroatoms. The predicted octanol–water partition coefficient (Wildman–Crippen LogP) is 4.61. The maximum atomic E-state index is 13.3. The molecule has 0 aromatic heterocycles. The fraction of sp³-hybridized carbons (Fsp3) is 0.440. The lowest BCUT2D eigenvalue weighted by atomic mass is 9.94. The first-order chi connectivity index (χ1) is 14.5. The van der Waals surface area contributed by atoms with Gasteiger partial charge in [0.2, 0.25) is 5.91 Å². The monoisotopic (exact) mass is 444 g/mol. The number of carbonyl (C=O) groups excluding carboxylic acids is 2. The van der Waals surface area contributed by atoms with E-state index in [-0.39, 0.29) is 29.9 Å². The number of halogens is 2. The second kappa shape index (κ2) is 10.4. The van der Waals surface area contributed by atoms with E-state index in [2.05, 4.69) is 11.9 Å². The fourth-order valence-corrected chi connectivity index (χ4v) is 4.55. The van der Waals surface area contributed by atoms with Crippen LogP contribution in [0.25, 0.3) is 0 Å². The summed E-state index contributed by atoms with van der Waals surface area (Å²) in [6, 6.07) is 10.8. The van der Waals surface area contributed by atoms with Crippen LogP contribution in [0.4, 0.5) is 10.1 Å². The molecule has 0 unspecified atom stereocenters. The van der Waals surface area contributed by atoms with Gasteiger partial charge in [0.1, 0.15) is 5.82 Å². The Balaban J connectivity index is 0.00000272. The number of rotatable bonds is 9. The average molecular weight is 445 g/mol. The molecule has 2 heterocycles. The molecule has 0 atom stereocenters. The van der Waals surface area contributed by atoms with E-state index in [1.807, 2.05) is 23.1 Å². The summed E-state index contributed by atoms with van der Waals surface area (Å²) in [5.74, 6) is 0.224. The maximum absolute atomic E-state index is 13.3. The topological polar surface area (TPSA) is 40.6 Å². The Morgan fingerprint density at radius 3 is 2.61 bits per heavy atom. The largest absolute Gasteiger partial charge is 0.312 e. The number of ketones is 1. The van der Waals surface area contributed by atoms with Crippen LogP contribution in [0.5, 0.6) is 0 Å². The Morgan fingerprint density at radius 1 is 1.06 bits per heavy atom. The third kappa shape index (κ3) is 5.52. The van der Waals surface area contributed by atoms with Gasteiger partial charge in [-0.3, -0.25) is 9.59 Å². The molecule has 2 aliphatic rings. The van der Waals surface area contributed by atoms with Crippen LogP contribution in [-0.4, -0.2) is 43.3 Å². The standard InChI is InChI=1S/C25H29FN2O2.ClH/c1-27(13-10-18-5-4-6-22(26)15-18)12-3-2-7-23(29)21-16-19-8-9-24(30)28-14-11-20(17-21)25(19)28;/h4-6,15-17H,2-3,7-14H2,1H3;1H.